The van der Waals surface area contributed by atoms with E-state index in [1.807, 2.05) is 0 Å². The van der Waals surface area contributed by atoms with Gasteiger partial charge in [0.2, 0.25) is 0 Å². The van der Waals surface area contributed by atoms with Gasteiger partial charge < -0.3 is 15.6 Å². The molecule has 0 aromatic rings. The summed E-state index contributed by atoms with van der Waals surface area (Å²) < 4.78 is 5.20. The Morgan fingerprint density at radius 1 is 1.30 bits per heavy atom. The lowest BCUT2D eigenvalue weighted by molar-refractivity contribution is -0.871. The second kappa shape index (κ2) is 6.10. The van der Waals surface area contributed by atoms with Crippen molar-refractivity contribution >= 4 is 12.1 Å². The van der Waals surface area contributed by atoms with Crippen LogP contribution < -0.4 is 5.73 Å². The van der Waals surface area contributed by atoms with E-state index in [4.69, 9.17) is 15.6 Å². The number of likely N-dealkylation sites (tertiary alicyclic amines) is 1. The molecule has 1 saturated heterocycles. The minimum atomic E-state index is -0.823. The maximum absolute atomic E-state index is 12.3. The number of ether oxygens (including phenoxy) is 1. The van der Waals surface area contributed by atoms with Crippen LogP contribution in [0.25, 0.3) is 0 Å². The summed E-state index contributed by atoms with van der Waals surface area (Å²) in [6, 6.07) is -0.132. The van der Waals surface area contributed by atoms with Crippen molar-refractivity contribution in [3.8, 4) is 0 Å². The van der Waals surface area contributed by atoms with Gasteiger partial charge in [0, 0.05) is 11.8 Å². The van der Waals surface area contributed by atoms with Crippen LogP contribution in [0, 0.1) is 11.8 Å². The number of piperidine rings is 1. The molecule has 0 aromatic heterocycles. The maximum Gasteiger partial charge on any atom is 0.515 e. The lowest BCUT2D eigenvalue weighted by Crippen LogP contribution is -2.65. The first-order valence-electron chi connectivity index (χ1n) is 7.37. The summed E-state index contributed by atoms with van der Waals surface area (Å²) in [5.74, 6) is -0.323. The molecule has 2 aliphatic rings. The van der Waals surface area contributed by atoms with E-state index >= 15 is 0 Å². The molecule has 2 rings (SSSR count). The molecule has 114 valence electrons. The number of nitrogens with zero attached hydrogens (tertiary/aromatic N) is 1. The number of carboxylic acids is 1. The molecule has 0 spiro atoms. The summed E-state index contributed by atoms with van der Waals surface area (Å²) in [7, 11) is 1.40. The van der Waals surface area contributed by atoms with Gasteiger partial charge in [-0.2, -0.15) is 4.79 Å². The molecule has 0 bridgehead atoms. The zero-order valence-corrected chi connectivity index (χ0v) is 12.1. The molecule has 20 heavy (non-hydrogen) atoms. The Morgan fingerprint density at radius 3 is 2.50 bits per heavy atom. The fourth-order valence-corrected chi connectivity index (χ4v) is 3.73. The van der Waals surface area contributed by atoms with Gasteiger partial charge in [-0.3, -0.25) is 4.79 Å². The largest absolute Gasteiger partial charge is 0.515 e. The zero-order chi connectivity index (χ0) is 14.8. The van der Waals surface area contributed by atoms with Gasteiger partial charge in [0.15, 0.2) is 0 Å². The predicted octanol–water partition coefficient (Wildman–Crippen LogP) is 1.19. The Bertz CT molecular complexity index is 383. The molecule has 6 nitrogen and oxygen atoms in total. The highest BCUT2D eigenvalue weighted by molar-refractivity contribution is 5.67. The van der Waals surface area contributed by atoms with Crippen molar-refractivity contribution in [2.24, 2.45) is 17.6 Å². The van der Waals surface area contributed by atoms with Crippen LogP contribution in [0.5, 0.6) is 0 Å². The monoisotopic (exact) mass is 285 g/mol. The number of quaternary nitrogens is 1. The van der Waals surface area contributed by atoms with E-state index in [1.54, 1.807) is 0 Å². The third-order valence-corrected chi connectivity index (χ3v) is 4.69. The molecule has 1 saturated carbocycles. The summed E-state index contributed by atoms with van der Waals surface area (Å²) >= 11 is 0. The van der Waals surface area contributed by atoms with Crippen LogP contribution in [0.4, 0.5) is 4.79 Å². The van der Waals surface area contributed by atoms with Crippen LogP contribution in [0.3, 0.4) is 0 Å². The van der Waals surface area contributed by atoms with Gasteiger partial charge in [-0.15, -0.1) is 0 Å². The average Bonchev–Trinajstić information content (AvgIpc) is 2.31. The van der Waals surface area contributed by atoms with Crippen molar-refractivity contribution in [1.82, 2.24) is 0 Å². The highest BCUT2D eigenvalue weighted by atomic mass is 16.5. The minimum absolute atomic E-state index is 0.0459. The second-order valence-electron chi connectivity index (χ2n) is 6.42. The third-order valence-electron chi connectivity index (χ3n) is 4.69. The van der Waals surface area contributed by atoms with E-state index in [0.717, 1.165) is 19.4 Å². The van der Waals surface area contributed by atoms with E-state index < -0.39 is 5.97 Å². The summed E-state index contributed by atoms with van der Waals surface area (Å²) in [5, 5.41) is 8.99. The number of amides is 1. The summed E-state index contributed by atoms with van der Waals surface area (Å²) in [5.41, 5.74) is 6.09. The first kappa shape index (κ1) is 15.3. The second-order valence-corrected chi connectivity index (χ2v) is 6.42. The average molecular weight is 285 g/mol. The Kier molecular flexibility index (Phi) is 4.65. The molecular formula is C14H25N2O4+. The quantitative estimate of drug-likeness (QED) is 0.757. The molecule has 3 atom stereocenters. The van der Waals surface area contributed by atoms with Crippen molar-refractivity contribution in [1.29, 1.82) is 0 Å². The number of hydrogen-bond acceptors (Lipinski definition) is 4. The SMILES string of the molecule is COC(=O)[N+]1(CC2CCC2)CC(N)CC(CC(=O)O)C1. The summed E-state index contributed by atoms with van der Waals surface area (Å²) in [4.78, 5) is 23.2. The molecule has 2 fully saturated rings. The van der Waals surface area contributed by atoms with Crippen LogP contribution >= 0.6 is 0 Å². The summed E-state index contributed by atoms with van der Waals surface area (Å²) in [6.45, 7) is 1.86. The van der Waals surface area contributed by atoms with Crippen LogP contribution in [0.15, 0.2) is 0 Å². The predicted molar refractivity (Wildman–Crippen MR) is 72.9 cm³/mol. The smallest absolute Gasteiger partial charge is 0.481 e. The van der Waals surface area contributed by atoms with Gasteiger partial charge in [-0.1, -0.05) is 6.42 Å². The van der Waals surface area contributed by atoms with E-state index in [9.17, 15) is 9.59 Å². The number of rotatable bonds is 4. The van der Waals surface area contributed by atoms with Crippen LogP contribution in [0.1, 0.15) is 32.1 Å². The fourth-order valence-electron chi connectivity index (χ4n) is 3.73. The Hall–Kier alpha value is -1.14. The van der Waals surface area contributed by atoms with Gasteiger partial charge in [-0.05, 0) is 19.3 Å². The Balaban J connectivity index is 2.14. The van der Waals surface area contributed by atoms with Crippen LogP contribution in [-0.4, -0.2) is 54.4 Å². The molecule has 0 radical (unpaired) electrons. The summed E-state index contributed by atoms with van der Waals surface area (Å²) in [6.07, 6.45) is 4.01. The lowest BCUT2D eigenvalue weighted by atomic mass is 9.82. The van der Waals surface area contributed by atoms with Crippen molar-refractivity contribution in [3.63, 3.8) is 0 Å². The minimum Gasteiger partial charge on any atom is -0.481 e. The topological polar surface area (TPSA) is 89.6 Å². The van der Waals surface area contributed by atoms with E-state index in [-0.39, 0.29) is 29.0 Å². The molecule has 6 heteroatoms. The Labute approximate surface area is 119 Å². The van der Waals surface area contributed by atoms with Gasteiger partial charge in [0.05, 0.1) is 32.7 Å². The fraction of sp³-hybridized carbons (Fsp3) is 0.857. The number of nitrogens with two attached hydrogens (primary N) is 1. The number of carbonyl (C=O) groups is 2. The molecule has 1 amide bonds. The normalized spacial score (nSPS) is 34.3. The third kappa shape index (κ3) is 3.30. The number of carboxylic acid groups (broad SMARTS) is 1. The van der Waals surface area contributed by atoms with Gasteiger partial charge >= 0.3 is 12.1 Å². The highest BCUT2D eigenvalue weighted by Crippen LogP contribution is 2.34. The van der Waals surface area contributed by atoms with Crippen molar-refractivity contribution in [2.45, 2.75) is 38.1 Å². The molecule has 1 heterocycles. The van der Waals surface area contributed by atoms with Crippen molar-refractivity contribution in [3.05, 3.63) is 0 Å². The lowest BCUT2D eigenvalue weighted by Gasteiger charge is -2.45. The number of hydrogen-bond donors (Lipinski definition) is 2. The zero-order valence-electron chi connectivity index (χ0n) is 12.1. The molecular weight excluding hydrogens is 260 g/mol. The maximum atomic E-state index is 12.3. The molecule has 3 unspecified atom stereocenters. The van der Waals surface area contributed by atoms with E-state index in [2.05, 4.69) is 0 Å². The standard InChI is InChI=1S/C14H24N2O4/c1-20-14(19)16(7-10-3-2-4-10)8-11(6-13(17)18)5-12(15)9-16/h10-12H,2-9,15H2,1H3/p+1. The first-order chi connectivity index (χ1) is 9.45. The van der Waals surface area contributed by atoms with Gasteiger partial charge in [0.1, 0.15) is 6.54 Å². The van der Waals surface area contributed by atoms with Crippen LogP contribution in [-0.2, 0) is 9.53 Å². The van der Waals surface area contributed by atoms with Crippen molar-refractivity contribution in [2.75, 3.05) is 26.7 Å². The Morgan fingerprint density at radius 2 is 2.00 bits per heavy atom. The van der Waals surface area contributed by atoms with Crippen molar-refractivity contribution < 1.29 is 23.9 Å². The van der Waals surface area contributed by atoms with E-state index in [0.29, 0.717) is 25.4 Å². The van der Waals surface area contributed by atoms with E-state index in [1.165, 1.54) is 13.5 Å². The molecule has 3 N–H and O–H groups in total. The van der Waals surface area contributed by atoms with Gasteiger partial charge in [-0.25, -0.2) is 4.48 Å². The number of carbonyl (C=O) groups excluding carboxylic acids is 1. The van der Waals surface area contributed by atoms with Gasteiger partial charge in [0.25, 0.3) is 0 Å². The first-order valence-corrected chi connectivity index (χ1v) is 7.37. The number of methoxy groups -OCH3 is 1. The molecule has 0 aromatic carbocycles. The van der Waals surface area contributed by atoms with Crippen LogP contribution in [0.2, 0.25) is 0 Å². The molecule has 1 aliphatic carbocycles. The molecule has 1 aliphatic heterocycles. The highest BCUT2D eigenvalue weighted by Gasteiger charge is 2.48. The number of aliphatic carboxylic acids is 1.